The van der Waals surface area contributed by atoms with Crippen LogP contribution in [0.25, 0.3) is 17.1 Å². The summed E-state index contributed by atoms with van der Waals surface area (Å²) < 4.78 is 41.8. The highest BCUT2D eigenvalue weighted by Crippen LogP contribution is 2.24. The van der Waals surface area contributed by atoms with Crippen molar-refractivity contribution >= 4 is 17.5 Å². The molecule has 4 rings (SSSR count). The molecule has 0 fully saturated rings. The van der Waals surface area contributed by atoms with E-state index in [2.05, 4.69) is 15.2 Å². The third-order valence-electron chi connectivity index (χ3n) is 4.92. The lowest BCUT2D eigenvalue weighted by molar-refractivity contribution is -0.207. The van der Waals surface area contributed by atoms with Gasteiger partial charge in [-0.15, -0.1) is 10.2 Å². The van der Waals surface area contributed by atoms with E-state index >= 15 is 0 Å². The van der Waals surface area contributed by atoms with Gasteiger partial charge in [0.1, 0.15) is 6.54 Å². The third-order valence-corrected chi connectivity index (χ3v) is 5.17. The number of aliphatic hydroxyl groups is 1. The Morgan fingerprint density at radius 1 is 1.09 bits per heavy atom. The molecule has 1 atom stereocenters. The lowest BCUT2D eigenvalue weighted by Crippen LogP contribution is -2.37. The number of nitrogens with two attached hydrogens (primary N) is 1. The number of carbonyl (C=O) groups is 1. The van der Waals surface area contributed by atoms with Gasteiger partial charge in [-0.3, -0.25) is 9.36 Å². The summed E-state index contributed by atoms with van der Waals surface area (Å²) in [6.07, 6.45) is -7.76. The smallest absolute Gasteiger partial charge is 0.382 e. The van der Waals surface area contributed by atoms with Crippen LogP contribution in [0.15, 0.2) is 59.4 Å². The maximum atomic E-state index is 13.0. The normalized spacial score (nSPS) is 12.6. The summed E-state index contributed by atoms with van der Waals surface area (Å²) in [5, 5.41) is 18.3. The number of carbonyl (C=O) groups excluding carboxylic acids is 1. The number of hydrogen-bond donors (Lipinski definition) is 2. The first-order valence-electron chi connectivity index (χ1n) is 10.0. The lowest BCUT2D eigenvalue weighted by atomic mass is 10.2. The van der Waals surface area contributed by atoms with Gasteiger partial charge in [0.2, 0.25) is 5.82 Å². The maximum Gasteiger partial charge on any atom is 0.416 e. The van der Waals surface area contributed by atoms with Crippen molar-refractivity contribution in [3.63, 3.8) is 0 Å². The molecule has 0 aliphatic carbocycles. The van der Waals surface area contributed by atoms with Crippen LogP contribution in [0.1, 0.15) is 16.4 Å². The number of rotatable bonds is 7. The summed E-state index contributed by atoms with van der Waals surface area (Å²) in [5.41, 5.74) is 5.23. The molecule has 14 heteroatoms. The van der Waals surface area contributed by atoms with Crippen molar-refractivity contribution in [2.24, 2.45) is 5.73 Å². The standard InChI is InChI=1S/C21H17ClF3N7O3/c22-13-8-6-12(7-9-13)18-29-31(20(35)30(18)10-15(33)21(23,24)25)11-16-27-19(17(26)34)32(28-16)14-4-2-1-3-5-14/h1-9,15,33H,10-11H2,(H2,26,34)/t15-/m0/s1. The first-order valence-corrected chi connectivity index (χ1v) is 10.4. The zero-order valence-corrected chi connectivity index (χ0v) is 18.5. The van der Waals surface area contributed by atoms with Crippen LogP contribution in [0, 0.1) is 0 Å². The highest BCUT2D eigenvalue weighted by Gasteiger charge is 2.39. The minimum Gasteiger partial charge on any atom is -0.382 e. The number of benzene rings is 2. The zero-order valence-electron chi connectivity index (χ0n) is 17.7. The van der Waals surface area contributed by atoms with Crippen LogP contribution in [0.3, 0.4) is 0 Å². The third kappa shape index (κ3) is 5.10. The van der Waals surface area contributed by atoms with E-state index in [0.29, 0.717) is 20.8 Å². The summed E-state index contributed by atoms with van der Waals surface area (Å²) in [5.74, 6) is -1.24. The molecule has 3 N–H and O–H groups in total. The number of amides is 1. The Morgan fingerprint density at radius 2 is 1.74 bits per heavy atom. The van der Waals surface area contributed by atoms with Crippen molar-refractivity contribution in [2.75, 3.05) is 0 Å². The molecule has 10 nitrogen and oxygen atoms in total. The number of alkyl halides is 3. The number of nitrogens with zero attached hydrogens (tertiary/aromatic N) is 6. The second-order valence-electron chi connectivity index (χ2n) is 7.40. The van der Waals surface area contributed by atoms with Gasteiger partial charge in [-0.25, -0.2) is 19.1 Å². The summed E-state index contributed by atoms with van der Waals surface area (Å²) in [4.78, 5) is 28.9. The zero-order chi connectivity index (χ0) is 25.3. The van der Waals surface area contributed by atoms with E-state index < -0.39 is 30.4 Å². The monoisotopic (exact) mass is 507 g/mol. The van der Waals surface area contributed by atoms with Gasteiger partial charge in [0.05, 0.1) is 12.2 Å². The van der Waals surface area contributed by atoms with Crippen LogP contribution >= 0.6 is 11.6 Å². The van der Waals surface area contributed by atoms with Gasteiger partial charge >= 0.3 is 11.9 Å². The van der Waals surface area contributed by atoms with Crippen molar-refractivity contribution in [3.8, 4) is 17.1 Å². The average Bonchev–Trinajstić information content (AvgIpc) is 3.37. The number of aromatic nitrogens is 6. The first kappa shape index (κ1) is 24.2. The molecule has 0 unspecified atom stereocenters. The van der Waals surface area contributed by atoms with Crippen LogP contribution in [0.5, 0.6) is 0 Å². The molecule has 2 aromatic heterocycles. The Bertz CT molecular complexity index is 1410. The van der Waals surface area contributed by atoms with Gasteiger partial charge in [-0.05, 0) is 36.4 Å². The lowest BCUT2D eigenvalue weighted by Gasteiger charge is -2.15. The predicted octanol–water partition coefficient (Wildman–Crippen LogP) is 2.02. The van der Waals surface area contributed by atoms with Gasteiger partial charge in [0.25, 0.3) is 5.91 Å². The molecule has 1 amide bonds. The Kier molecular flexibility index (Phi) is 6.45. The minimum absolute atomic E-state index is 0.0339. The van der Waals surface area contributed by atoms with Crippen molar-refractivity contribution in [3.05, 3.63) is 81.8 Å². The van der Waals surface area contributed by atoms with E-state index in [1.54, 1.807) is 30.3 Å². The van der Waals surface area contributed by atoms with Gasteiger partial charge in [-0.1, -0.05) is 29.8 Å². The molecule has 0 bridgehead atoms. The number of hydrogen-bond acceptors (Lipinski definition) is 6. The van der Waals surface area contributed by atoms with E-state index in [0.717, 1.165) is 4.68 Å². The van der Waals surface area contributed by atoms with E-state index in [1.165, 1.54) is 28.9 Å². The summed E-state index contributed by atoms with van der Waals surface area (Å²) in [6, 6.07) is 14.4. The van der Waals surface area contributed by atoms with E-state index in [4.69, 9.17) is 17.3 Å². The molecule has 0 saturated carbocycles. The van der Waals surface area contributed by atoms with Crippen LogP contribution in [0.4, 0.5) is 13.2 Å². The molecule has 2 heterocycles. The molecule has 0 radical (unpaired) electrons. The fourth-order valence-corrected chi connectivity index (χ4v) is 3.39. The fourth-order valence-electron chi connectivity index (χ4n) is 3.26. The topological polar surface area (TPSA) is 134 Å². The molecule has 2 aromatic carbocycles. The predicted molar refractivity (Wildman–Crippen MR) is 118 cm³/mol. The molecule has 4 aromatic rings. The number of para-hydroxylation sites is 1. The Morgan fingerprint density at radius 3 is 2.34 bits per heavy atom. The second kappa shape index (κ2) is 9.35. The largest absolute Gasteiger partial charge is 0.416 e. The van der Waals surface area contributed by atoms with E-state index in [9.17, 15) is 27.9 Å². The second-order valence-corrected chi connectivity index (χ2v) is 7.84. The van der Waals surface area contributed by atoms with Crippen molar-refractivity contribution in [2.45, 2.75) is 25.4 Å². The Hall–Kier alpha value is -3.97. The highest BCUT2D eigenvalue weighted by molar-refractivity contribution is 6.30. The average molecular weight is 508 g/mol. The molecule has 0 spiro atoms. The molecule has 0 aliphatic rings. The fraction of sp³-hybridized carbons (Fsp3) is 0.190. The number of aliphatic hydroxyl groups excluding tert-OH is 1. The van der Waals surface area contributed by atoms with Crippen LogP contribution < -0.4 is 11.4 Å². The van der Waals surface area contributed by atoms with Crippen molar-refractivity contribution < 1.29 is 23.1 Å². The van der Waals surface area contributed by atoms with Crippen molar-refractivity contribution in [1.82, 2.24) is 29.1 Å². The summed E-state index contributed by atoms with van der Waals surface area (Å²) in [7, 11) is 0. The van der Waals surface area contributed by atoms with Crippen LogP contribution in [-0.2, 0) is 13.1 Å². The van der Waals surface area contributed by atoms with Gasteiger partial charge in [-0.2, -0.15) is 13.2 Å². The Balaban J connectivity index is 1.77. The van der Waals surface area contributed by atoms with Gasteiger partial charge in [0.15, 0.2) is 17.8 Å². The minimum atomic E-state index is -4.95. The summed E-state index contributed by atoms with van der Waals surface area (Å²) in [6.45, 7) is -1.46. The quantitative estimate of drug-likeness (QED) is 0.393. The summed E-state index contributed by atoms with van der Waals surface area (Å²) >= 11 is 5.88. The number of halogens is 4. The van der Waals surface area contributed by atoms with Crippen LogP contribution in [-0.4, -0.2) is 52.4 Å². The molecular weight excluding hydrogens is 491 g/mol. The van der Waals surface area contributed by atoms with Crippen molar-refractivity contribution in [1.29, 1.82) is 0 Å². The number of primary amides is 1. The molecule has 35 heavy (non-hydrogen) atoms. The SMILES string of the molecule is NC(=O)c1nc(Cn2nc(-c3ccc(Cl)cc3)n(C[C@H](O)C(F)(F)F)c2=O)nn1-c1ccccc1. The first-order chi connectivity index (χ1) is 16.5. The molecule has 182 valence electrons. The van der Waals surface area contributed by atoms with E-state index in [-0.39, 0.29) is 24.0 Å². The van der Waals surface area contributed by atoms with Crippen LogP contribution in [0.2, 0.25) is 5.02 Å². The van der Waals surface area contributed by atoms with E-state index in [1.807, 2.05) is 0 Å². The maximum absolute atomic E-state index is 13.0. The Labute approximate surface area is 200 Å². The molecule has 0 saturated heterocycles. The van der Waals surface area contributed by atoms with Gasteiger partial charge in [0, 0.05) is 10.6 Å². The van der Waals surface area contributed by atoms with Gasteiger partial charge < -0.3 is 10.8 Å². The molecular formula is C21H17ClF3N7O3. The molecule has 0 aliphatic heterocycles. The highest BCUT2D eigenvalue weighted by atomic mass is 35.5.